The minimum Gasteiger partial charge on any atom is -0.504 e. The summed E-state index contributed by atoms with van der Waals surface area (Å²) in [5.74, 6) is 2.06. The zero-order chi connectivity index (χ0) is 23.4. The summed E-state index contributed by atoms with van der Waals surface area (Å²) in [5.41, 5.74) is 4.28. The first-order valence-corrected chi connectivity index (χ1v) is 10.4. The molecule has 0 aliphatic carbocycles. The number of hydrogen-bond acceptors (Lipinski definition) is 6. The van der Waals surface area contributed by atoms with Gasteiger partial charge >= 0.3 is 0 Å². The molecule has 0 radical (unpaired) electrons. The van der Waals surface area contributed by atoms with Crippen LogP contribution in [0.25, 0.3) is 22.4 Å². The maximum Gasteiger partial charge on any atom is 0.203 e. The number of rotatable bonds is 8. The maximum atomic E-state index is 10.4. The van der Waals surface area contributed by atoms with Gasteiger partial charge in [-0.15, -0.1) is 0 Å². The van der Waals surface area contributed by atoms with Crippen LogP contribution in [-0.2, 0) is 6.54 Å². The van der Waals surface area contributed by atoms with Crippen LogP contribution >= 0.6 is 0 Å². The van der Waals surface area contributed by atoms with Gasteiger partial charge in [-0.3, -0.25) is 4.68 Å². The number of methoxy groups -OCH3 is 4. The highest BCUT2D eigenvalue weighted by Gasteiger charge is 2.20. The number of ether oxygens (including phenoxy) is 4. The van der Waals surface area contributed by atoms with Crippen LogP contribution in [0.3, 0.4) is 0 Å². The Labute approximate surface area is 192 Å². The van der Waals surface area contributed by atoms with E-state index < -0.39 is 0 Å². The van der Waals surface area contributed by atoms with E-state index in [1.165, 1.54) is 7.11 Å². The predicted octanol–water partition coefficient (Wildman–Crippen LogP) is 5.01. The molecule has 0 atom stereocenters. The highest BCUT2D eigenvalue weighted by molar-refractivity contribution is 5.83. The summed E-state index contributed by atoms with van der Waals surface area (Å²) in [5, 5.41) is 15.2. The third kappa shape index (κ3) is 4.43. The Morgan fingerprint density at radius 1 is 0.758 bits per heavy atom. The summed E-state index contributed by atoms with van der Waals surface area (Å²) >= 11 is 0. The van der Waals surface area contributed by atoms with Gasteiger partial charge in [0.1, 0.15) is 5.69 Å². The Bertz CT molecular complexity index is 1230. The quantitative estimate of drug-likeness (QED) is 0.410. The lowest BCUT2D eigenvalue weighted by molar-refractivity contribution is 0.324. The van der Waals surface area contributed by atoms with Crippen molar-refractivity contribution in [2.45, 2.75) is 6.54 Å². The highest BCUT2D eigenvalue weighted by atomic mass is 16.5. The van der Waals surface area contributed by atoms with Gasteiger partial charge in [-0.1, -0.05) is 30.3 Å². The van der Waals surface area contributed by atoms with Crippen molar-refractivity contribution in [2.24, 2.45) is 0 Å². The van der Waals surface area contributed by atoms with Gasteiger partial charge in [0, 0.05) is 17.3 Å². The molecule has 33 heavy (non-hydrogen) atoms. The Balaban J connectivity index is 1.88. The van der Waals surface area contributed by atoms with E-state index in [1.54, 1.807) is 33.5 Å². The Morgan fingerprint density at radius 3 is 2.00 bits per heavy atom. The first-order valence-electron chi connectivity index (χ1n) is 10.4. The first-order chi connectivity index (χ1) is 16.1. The molecular weight excluding hydrogens is 420 g/mol. The molecule has 0 saturated heterocycles. The fraction of sp³-hybridized carbons (Fsp3) is 0.192. The Kier molecular flexibility index (Phi) is 6.40. The molecule has 0 spiro atoms. The van der Waals surface area contributed by atoms with Crippen molar-refractivity contribution >= 4 is 0 Å². The van der Waals surface area contributed by atoms with E-state index >= 15 is 0 Å². The molecule has 4 rings (SSSR count). The van der Waals surface area contributed by atoms with Gasteiger partial charge in [0.05, 0.1) is 35.0 Å². The number of nitrogens with zero attached hydrogens (tertiary/aromatic N) is 2. The van der Waals surface area contributed by atoms with Gasteiger partial charge in [0.15, 0.2) is 23.0 Å². The van der Waals surface area contributed by atoms with E-state index in [2.05, 4.69) is 12.1 Å². The number of phenolic OH excluding ortho intramolecular Hbond substituents is 1. The van der Waals surface area contributed by atoms with Crippen LogP contribution in [-0.4, -0.2) is 43.3 Å². The van der Waals surface area contributed by atoms with Gasteiger partial charge in [0.25, 0.3) is 0 Å². The van der Waals surface area contributed by atoms with Gasteiger partial charge in [-0.2, -0.15) is 5.10 Å². The molecule has 7 nitrogen and oxygen atoms in total. The minimum atomic E-state index is 0.0449. The predicted molar refractivity (Wildman–Crippen MR) is 127 cm³/mol. The van der Waals surface area contributed by atoms with Crippen molar-refractivity contribution in [1.82, 2.24) is 9.78 Å². The molecule has 0 amide bonds. The van der Waals surface area contributed by atoms with Crippen LogP contribution in [0.2, 0.25) is 0 Å². The van der Waals surface area contributed by atoms with E-state index in [-0.39, 0.29) is 5.75 Å². The molecule has 1 heterocycles. The number of aromatic hydroxyl groups is 1. The Morgan fingerprint density at radius 2 is 1.42 bits per heavy atom. The molecular formula is C26H26N2O5. The lowest BCUT2D eigenvalue weighted by Crippen LogP contribution is -2.00. The number of hydrogen-bond donors (Lipinski definition) is 1. The van der Waals surface area contributed by atoms with E-state index in [0.717, 1.165) is 22.3 Å². The van der Waals surface area contributed by atoms with Crippen LogP contribution in [0, 0.1) is 0 Å². The summed E-state index contributed by atoms with van der Waals surface area (Å²) in [6, 6.07) is 19.1. The molecule has 3 aromatic carbocycles. The third-order valence-electron chi connectivity index (χ3n) is 5.38. The van der Waals surface area contributed by atoms with Crippen molar-refractivity contribution in [1.29, 1.82) is 0 Å². The zero-order valence-corrected chi connectivity index (χ0v) is 19.0. The van der Waals surface area contributed by atoms with Crippen molar-refractivity contribution in [3.05, 3.63) is 72.4 Å². The van der Waals surface area contributed by atoms with E-state index in [1.807, 2.05) is 47.3 Å². The fourth-order valence-electron chi connectivity index (χ4n) is 3.77. The lowest BCUT2D eigenvalue weighted by atomic mass is 10.0. The van der Waals surface area contributed by atoms with E-state index in [0.29, 0.717) is 35.2 Å². The smallest absolute Gasteiger partial charge is 0.203 e. The molecule has 1 aromatic heterocycles. The molecule has 0 bridgehead atoms. The highest BCUT2D eigenvalue weighted by Crippen LogP contribution is 2.43. The van der Waals surface area contributed by atoms with Crippen LogP contribution in [0.5, 0.6) is 28.7 Å². The molecule has 0 aliphatic rings. The lowest BCUT2D eigenvalue weighted by Gasteiger charge is -2.14. The summed E-state index contributed by atoms with van der Waals surface area (Å²) in [6.07, 6.45) is 1.98. The fourth-order valence-corrected chi connectivity index (χ4v) is 3.77. The molecule has 0 aliphatic heterocycles. The van der Waals surface area contributed by atoms with Gasteiger partial charge in [-0.25, -0.2) is 0 Å². The van der Waals surface area contributed by atoms with E-state index in [9.17, 15) is 5.11 Å². The number of phenols is 1. The van der Waals surface area contributed by atoms with Gasteiger partial charge in [0.2, 0.25) is 5.75 Å². The average molecular weight is 447 g/mol. The topological polar surface area (TPSA) is 75.0 Å². The SMILES string of the molecule is COc1ccc(-c2nn(Cc3ccccc3)cc2-c2cc(OC)c(OC)c(OC)c2)cc1O. The maximum absolute atomic E-state index is 10.4. The van der Waals surface area contributed by atoms with Crippen molar-refractivity contribution in [3.63, 3.8) is 0 Å². The monoisotopic (exact) mass is 446 g/mol. The van der Waals surface area contributed by atoms with Gasteiger partial charge in [-0.05, 0) is 41.5 Å². The summed E-state index contributed by atoms with van der Waals surface area (Å²) in [4.78, 5) is 0. The van der Waals surface area contributed by atoms with Crippen molar-refractivity contribution in [3.8, 4) is 51.1 Å². The molecule has 0 saturated carbocycles. The largest absolute Gasteiger partial charge is 0.504 e. The molecule has 0 unspecified atom stereocenters. The third-order valence-corrected chi connectivity index (χ3v) is 5.38. The minimum absolute atomic E-state index is 0.0449. The van der Waals surface area contributed by atoms with Crippen LogP contribution < -0.4 is 18.9 Å². The second-order valence-electron chi connectivity index (χ2n) is 7.38. The van der Waals surface area contributed by atoms with Crippen LogP contribution in [0.15, 0.2) is 66.9 Å². The first kappa shape index (κ1) is 22.1. The van der Waals surface area contributed by atoms with Crippen LogP contribution in [0.1, 0.15) is 5.56 Å². The molecule has 7 heteroatoms. The second-order valence-corrected chi connectivity index (χ2v) is 7.38. The number of aromatic nitrogens is 2. The summed E-state index contributed by atoms with van der Waals surface area (Å²) in [6.45, 7) is 0.598. The molecule has 1 N–H and O–H groups in total. The number of benzene rings is 3. The molecule has 0 fully saturated rings. The van der Waals surface area contributed by atoms with Crippen LogP contribution in [0.4, 0.5) is 0 Å². The zero-order valence-electron chi connectivity index (χ0n) is 19.0. The Hall–Kier alpha value is -4.13. The van der Waals surface area contributed by atoms with Crippen molar-refractivity contribution < 1.29 is 24.1 Å². The average Bonchev–Trinajstić information content (AvgIpc) is 3.27. The van der Waals surface area contributed by atoms with Crippen molar-refractivity contribution in [2.75, 3.05) is 28.4 Å². The summed E-state index contributed by atoms with van der Waals surface area (Å²) in [7, 11) is 6.26. The molecule has 170 valence electrons. The van der Waals surface area contributed by atoms with E-state index in [4.69, 9.17) is 24.0 Å². The second kappa shape index (κ2) is 9.56. The normalized spacial score (nSPS) is 10.7. The standard InChI is InChI=1S/C26H26N2O5/c1-30-22-11-10-18(12-21(22)29)25-20(16-28(27-25)15-17-8-6-5-7-9-17)19-13-23(31-2)26(33-4)24(14-19)32-3/h5-14,16,29H,15H2,1-4H3. The summed E-state index contributed by atoms with van der Waals surface area (Å²) < 4.78 is 23.6. The molecule has 4 aromatic rings. The van der Waals surface area contributed by atoms with Gasteiger partial charge < -0.3 is 24.1 Å².